The number of anilines is 1. The van der Waals surface area contributed by atoms with Gasteiger partial charge >= 0.3 is 7.05 Å². The lowest BCUT2D eigenvalue weighted by atomic mass is 9.83. The summed E-state index contributed by atoms with van der Waals surface area (Å²) in [5.41, 5.74) is 2.77. The van der Waals surface area contributed by atoms with E-state index >= 15 is 0 Å². The molecule has 0 aliphatic carbocycles. The molecule has 1 atom stereocenters. The van der Waals surface area contributed by atoms with Crippen molar-refractivity contribution in [3.05, 3.63) is 24.2 Å². The van der Waals surface area contributed by atoms with Gasteiger partial charge in [0.15, 0.2) is 0 Å². The number of hydrogen-bond donors (Lipinski definition) is 1. The Morgan fingerprint density at radius 1 is 1.21 bits per heavy atom. The van der Waals surface area contributed by atoms with Gasteiger partial charge in [-0.25, -0.2) is 9.97 Å². The minimum absolute atomic E-state index is 0.149. The van der Waals surface area contributed by atoms with Crippen LogP contribution in [0.4, 0.5) is 5.82 Å². The molecule has 0 saturated carbocycles. The summed E-state index contributed by atoms with van der Waals surface area (Å²) >= 11 is 0. The van der Waals surface area contributed by atoms with E-state index in [0.717, 1.165) is 68.1 Å². The Balaban J connectivity index is 1.75. The second-order valence-electron chi connectivity index (χ2n) is 6.45. The SMILES string of the molecule is CB(O)N1CCCC1c1cncc2ncc(N3CCOCC3)nc12. The molecule has 0 bridgehead atoms. The van der Waals surface area contributed by atoms with Gasteiger partial charge in [0.2, 0.25) is 0 Å². The molecule has 8 heteroatoms. The molecule has 0 spiro atoms. The number of nitrogens with zero attached hydrogens (tertiary/aromatic N) is 5. The van der Waals surface area contributed by atoms with Crippen LogP contribution >= 0.6 is 0 Å². The van der Waals surface area contributed by atoms with Crippen LogP contribution in [-0.2, 0) is 4.74 Å². The van der Waals surface area contributed by atoms with E-state index in [1.165, 1.54) is 0 Å². The number of pyridine rings is 1. The van der Waals surface area contributed by atoms with Crippen molar-refractivity contribution in [1.82, 2.24) is 19.8 Å². The zero-order valence-corrected chi connectivity index (χ0v) is 13.9. The highest BCUT2D eigenvalue weighted by atomic mass is 16.5. The molecule has 2 aliphatic heterocycles. The lowest BCUT2D eigenvalue weighted by Gasteiger charge is -2.28. The highest BCUT2D eigenvalue weighted by Crippen LogP contribution is 2.35. The van der Waals surface area contributed by atoms with Gasteiger partial charge in [-0.3, -0.25) is 4.98 Å². The van der Waals surface area contributed by atoms with Crippen LogP contribution in [0.1, 0.15) is 24.4 Å². The topological polar surface area (TPSA) is 74.6 Å². The quantitative estimate of drug-likeness (QED) is 0.847. The van der Waals surface area contributed by atoms with Crippen molar-refractivity contribution in [3.63, 3.8) is 0 Å². The van der Waals surface area contributed by atoms with Crippen LogP contribution in [0.5, 0.6) is 0 Å². The van der Waals surface area contributed by atoms with E-state index in [4.69, 9.17) is 9.72 Å². The molecule has 24 heavy (non-hydrogen) atoms. The molecule has 126 valence electrons. The molecule has 2 aliphatic rings. The maximum Gasteiger partial charge on any atom is 0.376 e. The van der Waals surface area contributed by atoms with E-state index in [9.17, 15) is 5.02 Å². The fraction of sp³-hybridized carbons (Fsp3) is 0.562. The highest BCUT2D eigenvalue weighted by molar-refractivity contribution is 6.45. The van der Waals surface area contributed by atoms with Gasteiger partial charge in [-0.2, -0.15) is 0 Å². The highest BCUT2D eigenvalue weighted by Gasteiger charge is 2.32. The van der Waals surface area contributed by atoms with E-state index < -0.39 is 7.05 Å². The lowest BCUT2D eigenvalue weighted by molar-refractivity contribution is 0.122. The van der Waals surface area contributed by atoms with Crippen molar-refractivity contribution in [2.24, 2.45) is 0 Å². The van der Waals surface area contributed by atoms with Gasteiger partial charge in [-0.1, -0.05) is 0 Å². The summed E-state index contributed by atoms with van der Waals surface area (Å²) in [5.74, 6) is 0.889. The van der Waals surface area contributed by atoms with Crippen molar-refractivity contribution < 1.29 is 9.76 Å². The average Bonchev–Trinajstić information content (AvgIpc) is 3.11. The second-order valence-corrected chi connectivity index (χ2v) is 6.45. The van der Waals surface area contributed by atoms with Gasteiger partial charge in [0.05, 0.1) is 31.1 Å². The van der Waals surface area contributed by atoms with Crippen LogP contribution in [0.25, 0.3) is 11.0 Å². The van der Waals surface area contributed by atoms with Gasteiger partial charge in [0.25, 0.3) is 0 Å². The van der Waals surface area contributed by atoms with Crippen molar-refractivity contribution in [3.8, 4) is 0 Å². The monoisotopic (exact) mass is 327 g/mol. The zero-order chi connectivity index (χ0) is 16.5. The van der Waals surface area contributed by atoms with Crippen LogP contribution in [0.15, 0.2) is 18.6 Å². The molecule has 2 aromatic heterocycles. The summed E-state index contributed by atoms with van der Waals surface area (Å²) in [5, 5.41) is 10.1. The van der Waals surface area contributed by atoms with E-state index in [1.54, 1.807) is 6.20 Å². The molecule has 2 fully saturated rings. The van der Waals surface area contributed by atoms with Crippen LogP contribution in [0, 0.1) is 0 Å². The number of ether oxygens (including phenoxy) is 1. The van der Waals surface area contributed by atoms with Crippen molar-refractivity contribution in [1.29, 1.82) is 0 Å². The van der Waals surface area contributed by atoms with Crippen LogP contribution in [0.3, 0.4) is 0 Å². The van der Waals surface area contributed by atoms with Gasteiger partial charge in [-0.05, 0) is 26.2 Å². The molecule has 0 aromatic carbocycles. The Kier molecular flexibility index (Phi) is 4.34. The molecule has 7 nitrogen and oxygen atoms in total. The molecule has 1 N–H and O–H groups in total. The molecule has 2 aromatic rings. The minimum atomic E-state index is -0.469. The summed E-state index contributed by atoms with van der Waals surface area (Å²) in [4.78, 5) is 18.1. The Morgan fingerprint density at radius 2 is 2.04 bits per heavy atom. The van der Waals surface area contributed by atoms with Crippen molar-refractivity contribution >= 4 is 23.9 Å². The molecular weight excluding hydrogens is 305 g/mol. The Bertz CT molecular complexity index is 723. The number of aromatic nitrogens is 3. The number of morpholine rings is 1. The molecule has 0 amide bonds. The Hall–Kier alpha value is -1.77. The van der Waals surface area contributed by atoms with Gasteiger partial charge in [0, 0.05) is 30.9 Å². The molecule has 4 rings (SSSR count). The molecular formula is C16H22BN5O2. The summed E-state index contributed by atoms with van der Waals surface area (Å²) in [6.07, 6.45) is 7.54. The average molecular weight is 327 g/mol. The molecule has 4 heterocycles. The first-order valence-corrected chi connectivity index (χ1v) is 8.61. The third-order valence-corrected chi connectivity index (χ3v) is 4.94. The molecule has 1 unspecified atom stereocenters. The van der Waals surface area contributed by atoms with Crippen LogP contribution in [0.2, 0.25) is 6.82 Å². The third kappa shape index (κ3) is 2.85. The molecule has 0 radical (unpaired) electrons. The summed E-state index contributed by atoms with van der Waals surface area (Å²) in [7, 11) is -0.469. The first-order chi connectivity index (χ1) is 11.7. The summed E-state index contributed by atoms with van der Waals surface area (Å²) in [6, 6.07) is 0.149. The van der Waals surface area contributed by atoms with Gasteiger partial charge in [0.1, 0.15) is 11.3 Å². The zero-order valence-electron chi connectivity index (χ0n) is 13.9. The van der Waals surface area contributed by atoms with Crippen molar-refractivity contribution in [2.45, 2.75) is 25.7 Å². The fourth-order valence-corrected chi connectivity index (χ4v) is 3.70. The maximum atomic E-state index is 10.1. The van der Waals surface area contributed by atoms with E-state index in [2.05, 4.69) is 19.7 Å². The first-order valence-electron chi connectivity index (χ1n) is 8.61. The normalized spacial score (nSPS) is 22.2. The standard InChI is InChI=1S/C16H22BN5O2/c1-17(23)22-4-2-3-14(22)12-9-18-10-13-16(12)20-15(11-19-13)21-5-7-24-8-6-21/h9-11,14,23H,2-8H2,1H3. The first kappa shape index (κ1) is 15.7. The lowest BCUT2D eigenvalue weighted by Crippen LogP contribution is -2.37. The second kappa shape index (κ2) is 6.62. The summed E-state index contributed by atoms with van der Waals surface area (Å²) in [6.45, 7) is 5.84. The minimum Gasteiger partial charge on any atom is -0.437 e. The Morgan fingerprint density at radius 3 is 2.83 bits per heavy atom. The maximum absolute atomic E-state index is 10.1. The van der Waals surface area contributed by atoms with Crippen LogP contribution in [-0.4, -0.2) is 64.7 Å². The number of rotatable bonds is 3. The van der Waals surface area contributed by atoms with Crippen LogP contribution < -0.4 is 4.90 Å². The predicted octanol–water partition coefficient (Wildman–Crippen LogP) is 1.11. The van der Waals surface area contributed by atoms with E-state index in [1.807, 2.05) is 19.2 Å². The van der Waals surface area contributed by atoms with E-state index in [-0.39, 0.29) is 6.04 Å². The van der Waals surface area contributed by atoms with Gasteiger partial charge in [-0.15, -0.1) is 0 Å². The number of hydrogen-bond acceptors (Lipinski definition) is 7. The van der Waals surface area contributed by atoms with E-state index in [0.29, 0.717) is 0 Å². The van der Waals surface area contributed by atoms with Gasteiger partial charge < -0.3 is 19.5 Å². The number of fused-ring (bicyclic) bond motifs is 1. The fourth-order valence-electron chi connectivity index (χ4n) is 3.70. The molecule has 2 saturated heterocycles. The third-order valence-electron chi connectivity index (χ3n) is 4.94. The largest absolute Gasteiger partial charge is 0.437 e. The summed E-state index contributed by atoms with van der Waals surface area (Å²) < 4.78 is 5.42. The smallest absolute Gasteiger partial charge is 0.376 e. The Labute approximate surface area is 141 Å². The predicted molar refractivity (Wildman–Crippen MR) is 92.9 cm³/mol. The van der Waals surface area contributed by atoms with Crippen molar-refractivity contribution in [2.75, 3.05) is 37.7 Å².